The lowest BCUT2D eigenvalue weighted by Crippen LogP contribution is -2.10. The number of carbonyl (C=O) groups is 3. The zero-order valence-electron chi connectivity index (χ0n) is 17.6. The van der Waals surface area contributed by atoms with E-state index in [2.05, 4.69) is 13.8 Å². The summed E-state index contributed by atoms with van der Waals surface area (Å²) in [5.41, 5.74) is 0.765. The summed E-state index contributed by atoms with van der Waals surface area (Å²) in [6.07, 6.45) is 13.5. The molecule has 0 saturated carbocycles. The molecule has 0 aliphatic heterocycles. The van der Waals surface area contributed by atoms with E-state index in [9.17, 15) is 14.4 Å². The molecule has 1 aromatic rings. The van der Waals surface area contributed by atoms with Gasteiger partial charge in [-0.25, -0.2) is 0 Å². The van der Waals surface area contributed by atoms with Gasteiger partial charge in [-0.3, -0.25) is 14.4 Å². The molecule has 4 nitrogen and oxygen atoms in total. The Hall–Kier alpha value is -1.97. The lowest BCUT2D eigenvalue weighted by molar-refractivity contribution is -0.134. The first-order valence-electron chi connectivity index (χ1n) is 11.0. The van der Waals surface area contributed by atoms with E-state index in [0.717, 1.165) is 38.5 Å². The third-order valence-electron chi connectivity index (χ3n) is 4.92. The Morgan fingerprint density at radius 3 is 2.00 bits per heavy atom. The molecule has 4 heteroatoms. The number of Topliss-reactive ketones (excluding diaryl/α,β-unsaturated/α-hetero) is 1. The number of rotatable bonds is 16. The summed E-state index contributed by atoms with van der Waals surface area (Å²) in [5, 5.41) is 0. The molecule has 1 aromatic carbocycles. The van der Waals surface area contributed by atoms with E-state index in [0.29, 0.717) is 24.7 Å². The van der Waals surface area contributed by atoms with Gasteiger partial charge in [0, 0.05) is 18.4 Å². The molecule has 0 atom stereocenters. The highest BCUT2D eigenvalue weighted by Gasteiger charge is 2.13. The number of aldehydes is 1. The lowest BCUT2D eigenvalue weighted by Gasteiger charge is -2.09. The highest BCUT2D eigenvalue weighted by Crippen LogP contribution is 2.21. The predicted molar refractivity (Wildman–Crippen MR) is 113 cm³/mol. The van der Waals surface area contributed by atoms with E-state index in [-0.39, 0.29) is 23.1 Å². The number of carbonyl (C=O) groups excluding carboxylic acids is 3. The van der Waals surface area contributed by atoms with Gasteiger partial charge in [-0.2, -0.15) is 0 Å². The Morgan fingerprint density at radius 1 is 0.821 bits per heavy atom. The molecule has 0 saturated heterocycles. The van der Waals surface area contributed by atoms with E-state index in [1.54, 1.807) is 12.1 Å². The average Bonchev–Trinajstić information content (AvgIpc) is 2.70. The lowest BCUT2D eigenvalue weighted by atomic mass is 10.0. The number of ether oxygens (including phenoxy) is 1. The molecule has 0 amide bonds. The minimum Gasteiger partial charge on any atom is -0.426 e. The minimum atomic E-state index is -0.325. The van der Waals surface area contributed by atoms with Crippen LogP contribution in [0.15, 0.2) is 18.2 Å². The maximum Gasteiger partial charge on any atom is 0.311 e. The van der Waals surface area contributed by atoms with Crippen LogP contribution in [0.1, 0.15) is 118 Å². The van der Waals surface area contributed by atoms with Crippen LogP contribution in [0.2, 0.25) is 0 Å². The van der Waals surface area contributed by atoms with Crippen LogP contribution in [0, 0.1) is 0 Å². The van der Waals surface area contributed by atoms with Gasteiger partial charge >= 0.3 is 5.97 Å². The van der Waals surface area contributed by atoms with Crippen LogP contribution in [0.3, 0.4) is 0 Å². The Bertz CT molecular complexity index is 607. The van der Waals surface area contributed by atoms with E-state index in [4.69, 9.17) is 4.74 Å². The first kappa shape index (κ1) is 24.1. The molecule has 0 heterocycles. The molecule has 0 spiro atoms. The highest BCUT2D eigenvalue weighted by molar-refractivity contribution is 5.98. The first-order chi connectivity index (χ1) is 13.6. The summed E-state index contributed by atoms with van der Waals surface area (Å²) in [7, 11) is 0. The number of unbranched alkanes of at least 4 members (excludes halogenated alkanes) is 9. The standard InChI is InChI=1S/C24H36O4/c1-3-5-7-9-11-13-15-24(27)28-23-17-16-20(18-21(23)19-25)22(26)14-12-10-8-6-4-2/h16-19H,3-15H2,1-2H3. The maximum atomic E-state index is 12.3. The Kier molecular flexibility index (Phi) is 12.9. The molecule has 156 valence electrons. The molecule has 0 aliphatic carbocycles. The maximum absolute atomic E-state index is 12.3. The molecule has 1 rings (SSSR count). The second-order valence-electron chi connectivity index (χ2n) is 7.45. The van der Waals surface area contributed by atoms with E-state index < -0.39 is 0 Å². The van der Waals surface area contributed by atoms with Crippen LogP contribution in [0.25, 0.3) is 0 Å². The second kappa shape index (κ2) is 15.0. The van der Waals surface area contributed by atoms with Crippen molar-refractivity contribution in [1.82, 2.24) is 0 Å². The van der Waals surface area contributed by atoms with Gasteiger partial charge in [0.15, 0.2) is 12.1 Å². The van der Waals surface area contributed by atoms with E-state index in [1.807, 2.05) is 0 Å². The van der Waals surface area contributed by atoms with Crippen molar-refractivity contribution in [3.8, 4) is 5.75 Å². The zero-order chi connectivity index (χ0) is 20.6. The monoisotopic (exact) mass is 388 g/mol. The molecular formula is C24H36O4. The third kappa shape index (κ3) is 9.82. The van der Waals surface area contributed by atoms with Crippen molar-refractivity contribution in [2.24, 2.45) is 0 Å². The van der Waals surface area contributed by atoms with Crippen LogP contribution in [-0.2, 0) is 4.79 Å². The molecule has 0 N–H and O–H groups in total. The Morgan fingerprint density at radius 2 is 1.39 bits per heavy atom. The molecule has 0 radical (unpaired) electrons. The summed E-state index contributed by atoms with van der Waals surface area (Å²) in [6.45, 7) is 4.34. The molecular weight excluding hydrogens is 352 g/mol. The average molecular weight is 389 g/mol. The summed E-state index contributed by atoms with van der Waals surface area (Å²) in [6, 6.07) is 4.75. The second-order valence-corrected chi connectivity index (χ2v) is 7.45. The van der Waals surface area contributed by atoms with Gasteiger partial charge in [0.25, 0.3) is 0 Å². The van der Waals surface area contributed by atoms with Gasteiger partial charge in [0.2, 0.25) is 0 Å². The van der Waals surface area contributed by atoms with Crippen molar-refractivity contribution in [3.63, 3.8) is 0 Å². The Balaban J connectivity index is 2.47. The van der Waals surface area contributed by atoms with Gasteiger partial charge in [-0.05, 0) is 31.0 Å². The highest BCUT2D eigenvalue weighted by atomic mass is 16.5. The van der Waals surface area contributed by atoms with Gasteiger partial charge < -0.3 is 4.74 Å². The van der Waals surface area contributed by atoms with Crippen molar-refractivity contribution in [3.05, 3.63) is 29.3 Å². The van der Waals surface area contributed by atoms with Crippen molar-refractivity contribution in [2.45, 2.75) is 97.3 Å². The van der Waals surface area contributed by atoms with Crippen molar-refractivity contribution in [2.75, 3.05) is 0 Å². The molecule has 0 bridgehead atoms. The predicted octanol–water partition coefficient (Wildman–Crippen LogP) is 6.70. The Labute approximate surface area is 170 Å². The quantitative estimate of drug-likeness (QED) is 0.104. The summed E-state index contributed by atoms with van der Waals surface area (Å²) < 4.78 is 5.34. The fourth-order valence-electron chi connectivity index (χ4n) is 3.16. The molecule has 0 unspecified atom stereocenters. The summed E-state index contributed by atoms with van der Waals surface area (Å²) in [4.78, 5) is 35.7. The van der Waals surface area contributed by atoms with Crippen molar-refractivity contribution >= 4 is 18.0 Å². The topological polar surface area (TPSA) is 60.4 Å². The summed E-state index contributed by atoms with van der Waals surface area (Å²) in [5.74, 6) is -0.0522. The largest absolute Gasteiger partial charge is 0.426 e. The number of benzene rings is 1. The van der Waals surface area contributed by atoms with Gasteiger partial charge in [-0.15, -0.1) is 0 Å². The van der Waals surface area contributed by atoms with Crippen LogP contribution < -0.4 is 4.74 Å². The number of hydrogen-bond donors (Lipinski definition) is 0. The van der Waals surface area contributed by atoms with Crippen molar-refractivity contribution < 1.29 is 19.1 Å². The first-order valence-corrected chi connectivity index (χ1v) is 11.0. The normalized spacial score (nSPS) is 10.6. The van der Waals surface area contributed by atoms with Crippen LogP contribution in [0.5, 0.6) is 5.75 Å². The molecule has 28 heavy (non-hydrogen) atoms. The van der Waals surface area contributed by atoms with Gasteiger partial charge in [0.1, 0.15) is 5.75 Å². The third-order valence-corrected chi connectivity index (χ3v) is 4.92. The van der Waals surface area contributed by atoms with Crippen LogP contribution in [-0.4, -0.2) is 18.0 Å². The van der Waals surface area contributed by atoms with Crippen LogP contribution in [0.4, 0.5) is 0 Å². The van der Waals surface area contributed by atoms with Gasteiger partial charge in [0.05, 0.1) is 5.56 Å². The summed E-state index contributed by atoms with van der Waals surface area (Å²) >= 11 is 0. The number of esters is 1. The molecule has 0 aliphatic rings. The van der Waals surface area contributed by atoms with Crippen molar-refractivity contribution in [1.29, 1.82) is 0 Å². The SMILES string of the molecule is CCCCCCCCC(=O)Oc1ccc(C(=O)CCCCCCC)cc1C=O. The molecule has 0 aromatic heterocycles. The van der Waals surface area contributed by atoms with E-state index in [1.165, 1.54) is 38.2 Å². The molecule has 0 fully saturated rings. The minimum absolute atomic E-state index is 0.0320. The fraction of sp³-hybridized carbons (Fsp3) is 0.625. The fourth-order valence-corrected chi connectivity index (χ4v) is 3.16. The van der Waals surface area contributed by atoms with E-state index >= 15 is 0 Å². The number of hydrogen-bond acceptors (Lipinski definition) is 4. The number of ketones is 1. The van der Waals surface area contributed by atoms with Crippen LogP contribution >= 0.6 is 0 Å². The zero-order valence-corrected chi connectivity index (χ0v) is 17.6. The van der Waals surface area contributed by atoms with Gasteiger partial charge in [-0.1, -0.05) is 71.6 Å². The smallest absolute Gasteiger partial charge is 0.311 e.